The molecule has 188 valence electrons. The molecular weight excluding hydrogens is 512 g/mol. The Morgan fingerprint density at radius 1 is 1.22 bits per heavy atom. The second-order valence-electron chi connectivity index (χ2n) is 8.35. The number of thiophene rings is 1. The number of ether oxygens (including phenoxy) is 1. The second-order valence-corrected chi connectivity index (χ2v) is 10.3. The Hall–Kier alpha value is -4.02. The van der Waals surface area contributed by atoms with Gasteiger partial charge in [0, 0.05) is 16.5 Å². The van der Waals surface area contributed by atoms with Crippen LogP contribution in [0.1, 0.15) is 46.4 Å². The van der Waals surface area contributed by atoms with Crippen LogP contribution in [-0.2, 0) is 9.53 Å². The first-order valence-electron chi connectivity index (χ1n) is 11.5. The zero-order valence-corrected chi connectivity index (χ0v) is 21.8. The number of hydrogen-bond donors (Lipinski definition) is 1. The van der Waals surface area contributed by atoms with Crippen molar-refractivity contribution in [3.8, 4) is 11.3 Å². The highest BCUT2D eigenvalue weighted by atomic mass is 32.1. The number of furan rings is 1. The monoisotopic (exact) mass is 534 g/mol. The minimum atomic E-state index is -1.02. The Morgan fingerprint density at radius 3 is 2.73 bits per heavy atom. The predicted molar refractivity (Wildman–Crippen MR) is 141 cm³/mol. The van der Waals surface area contributed by atoms with Gasteiger partial charge in [0.05, 0.1) is 28.0 Å². The van der Waals surface area contributed by atoms with E-state index in [2.05, 4.69) is 4.99 Å². The third-order valence-corrected chi connectivity index (χ3v) is 7.89. The number of carboxylic acids is 1. The first-order valence-corrected chi connectivity index (χ1v) is 13.1. The Labute approximate surface area is 219 Å². The molecule has 8 nitrogen and oxygen atoms in total. The number of carbonyl (C=O) groups is 2. The van der Waals surface area contributed by atoms with Crippen LogP contribution in [0.4, 0.5) is 0 Å². The Bertz CT molecular complexity index is 1740. The minimum Gasteiger partial charge on any atom is -0.478 e. The Balaban J connectivity index is 1.61. The van der Waals surface area contributed by atoms with Crippen molar-refractivity contribution in [2.24, 2.45) is 4.99 Å². The molecule has 1 atom stereocenters. The topological polar surface area (TPSA) is 111 Å². The molecule has 0 unspecified atom stereocenters. The number of esters is 1. The van der Waals surface area contributed by atoms with Gasteiger partial charge >= 0.3 is 11.9 Å². The Kier molecular flexibility index (Phi) is 6.53. The van der Waals surface area contributed by atoms with Gasteiger partial charge in [-0.2, -0.15) is 0 Å². The van der Waals surface area contributed by atoms with Gasteiger partial charge in [0.25, 0.3) is 5.56 Å². The van der Waals surface area contributed by atoms with Gasteiger partial charge in [-0.25, -0.2) is 14.6 Å². The molecule has 1 N–H and O–H groups in total. The molecule has 0 saturated heterocycles. The molecule has 4 aromatic rings. The Morgan fingerprint density at radius 2 is 2.03 bits per heavy atom. The molecular formula is C27H22N2O6S2. The zero-order chi connectivity index (χ0) is 26.3. The van der Waals surface area contributed by atoms with E-state index in [-0.39, 0.29) is 17.7 Å². The zero-order valence-electron chi connectivity index (χ0n) is 20.2. The highest BCUT2D eigenvalue weighted by molar-refractivity contribution is 7.10. The third kappa shape index (κ3) is 4.49. The lowest BCUT2D eigenvalue weighted by Gasteiger charge is -2.23. The fourth-order valence-corrected chi connectivity index (χ4v) is 6.08. The van der Waals surface area contributed by atoms with E-state index in [1.165, 1.54) is 27.2 Å². The molecule has 1 aliphatic rings. The van der Waals surface area contributed by atoms with Crippen molar-refractivity contribution < 1.29 is 23.8 Å². The second kappa shape index (κ2) is 9.79. The van der Waals surface area contributed by atoms with E-state index in [1.807, 2.05) is 24.4 Å². The molecule has 0 spiro atoms. The molecule has 1 aliphatic heterocycles. The van der Waals surface area contributed by atoms with Gasteiger partial charge in [-0.3, -0.25) is 9.36 Å². The lowest BCUT2D eigenvalue weighted by molar-refractivity contribution is -0.139. The number of allylic oxidation sites excluding steroid dienone is 1. The summed E-state index contributed by atoms with van der Waals surface area (Å²) in [4.78, 5) is 43.7. The summed E-state index contributed by atoms with van der Waals surface area (Å²) in [5, 5.41) is 11.2. The smallest absolute Gasteiger partial charge is 0.338 e. The van der Waals surface area contributed by atoms with Crippen LogP contribution in [0, 0.1) is 6.92 Å². The van der Waals surface area contributed by atoms with Crippen molar-refractivity contribution >= 4 is 40.7 Å². The summed E-state index contributed by atoms with van der Waals surface area (Å²) in [6.45, 7) is 5.57. The van der Waals surface area contributed by atoms with E-state index >= 15 is 0 Å². The molecule has 10 heteroatoms. The van der Waals surface area contributed by atoms with E-state index < -0.39 is 18.0 Å². The van der Waals surface area contributed by atoms with Gasteiger partial charge in [-0.15, -0.1) is 11.3 Å². The number of hydrogen-bond acceptors (Lipinski definition) is 8. The summed E-state index contributed by atoms with van der Waals surface area (Å²) in [6, 6.07) is 11.4. The van der Waals surface area contributed by atoms with E-state index in [0.29, 0.717) is 37.7 Å². The molecule has 0 radical (unpaired) electrons. The van der Waals surface area contributed by atoms with Crippen LogP contribution in [-0.4, -0.2) is 28.2 Å². The van der Waals surface area contributed by atoms with E-state index in [9.17, 15) is 19.5 Å². The first-order chi connectivity index (χ1) is 17.8. The van der Waals surface area contributed by atoms with Gasteiger partial charge in [-0.1, -0.05) is 23.5 Å². The van der Waals surface area contributed by atoms with Crippen LogP contribution in [0.3, 0.4) is 0 Å². The molecule has 4 heterocycles. The van der Waals surface area contributed by atoms with Gasteiger partial charge in [-0.05, 0) is 62.0 Å². The highest BCUT2D eigenvalue weighted by Crippen LogP contribution is 2.33. The number of carbonyl (C=O) groups excluding carboxylic acids is 1. The van der Waals surface area contributed by atoms with Crippen LogP contribution >= 0.6 is 22.7 Å². The third-order valence-electron chi connectivity index (χ3n) is 5.98. The number of fused-ring (bicyclic) bond motifs is 1. The summed E-state index contributed by atoms with van der Waals surface area (Å²) in [5.74, 6) is -0.580. The molecule has 0 fully saturated rings. The molecule has 0 amide bonds. The van der Waals surface area contributed by atoms with Crippen molar-refractivity contribution in [2.75, 3.05) is 6.61 Å². The van der Waals surface area contributed by atoms with Gasteiger partial charge in [0.1, 0.15) is 17.6 Å². The normalized spacial score (nSPS) is 15.4. The SMILES string of the molecule is CCOC(=O)C1=C(C)N=c2s/c(=C\c3ccc(-c4cc(C(=O)O)ccc4C)o3)c(=O)n2[C@H]1c1cccs1. The molecule has 3 aromatic heterocycles. The van der Waals surface area contributed by atoms with E-state index in [0.717, 1.165) is 10.4 Å². The number of nitrogens with zero attached hydrogens (tertiary/aromatic N) is 2. The lowest BCUT2D eigenvalue weighted by atomic mass is 10.0. The van der Waals surface area contributed by atoms with Crippen molar-refractivity contribution in [3.63, 3.8) is 0 Å². The number of aromatic carboxylic acids is 1. The van der Waals surface area contributed by atoms with Crippen LogP contribution in [0.25, 0.3) is 17.4 Å². The summed E-state index contributed by atoms with van der Waals surface area (Å²) >= 11 is 2.66. The van der Waals surface area contributed by atoms with E-state index in [4.69, 9.17) is 9.15 Å². The molecule has 1 aromatic carbocycles. The van der Waals surface area contributed by atoms with Crippen LogP contribution < -0.4 is 14.9 Å². The predicted octanol–water partition coefficient (Wildman–Crippen LogP) is 4.13. The molecule has 37 heavy (non-hydrogen) atoms. The van der Waals surface area contributed by atoms with Crippen molar-refractivity contribution in [2.45, 2.75) is 26.8 Å². The maximum absolute atomic E-state index is 13.6. The van der Waals surface area contributed by atoms with Crippen LogP contribution in [0.5, 0.6) is 0 Å². The van der Waals surface area contributed by atoms with Gasteiger partial charge in [0.15, 0.2) is 4.80 Å². The molecule has 0 aliphatic carbocycles. The number of carboxylic acid groups (broad SMARTS) is 1. The average Bonchev–Trinajstić information content (AvgIpc) is 3.61. The first kappa shape index (κ1) is 24.7. The maximum Gasteiger partial charge on any atom is 0.338 e. The standard InChI is InChI=1S/C27H22N2O6S2/c1-4-34-26(33)22-15(3)28-27-29(23(22)20-6-5-11-36-20)24(30)21(37-27)13-17-9-10-19(35-17)18-12-16(25(31)32)8-7-14(18)2/h5-13,23H,4H2,1-3H3,(H,31,32)/b21-13-/t23-/m0/s1. The van der Waals surface area contributed by atoms with Crippen LogP contribution in [0.15, 0.2) is 73.3 Å². The number of thiazole rings is 1. The number of benzene rings is 1. The fraction of sp³-hybridized carbons (Fsp3) is 0.185. The number of aromatic nitrogens is 1. The van der Waals surface area contributed by atoms with Crippen molar-refractivity contribution in [1.82, 2.24) is 4.57 Å². The van der Waals surface area contributed by atoms with Gasteiger partial charge < -0.3 is 14.3 Å². The maximum atomic E-state index is 13.6. The molecule has 5 rings (SSSR count). The molecule has 0 saturated carbocycles. The fourth-order valence-electron chi connectivity index (χ4n) is 4.23. The van der Waals surface area contributed by atoms with Crippen LogP contribution in [0.2, 0.25) is 0 Å². The van der Waals surface area contributed by atoms with Gasteiger partial charge in [0.2, 0.25) is 0 Å². The van der Waals surface area contributed by atoms with Crippen molar-refractivity contribution in [1.29, 1.82) is 0 Å². The lowest BCUT2D eigenvalue weighted by Crippen LogP contribution is -2.39. The summed E-state index contributed by atoms with van der Waals surface area (Å²) in [6.07, 6.45) is 1.64. The number of aryl methyl sites for hydroxylation is 1. The largest absolute Gasteiger partial charge is 0.478 e. The van der Waals surface area contributed by atoms with E-state index in [1.54, 1.807) is 50.3 Å². The highest BCUT2D eigenvalue weighted by Gasteiger charge is 2.33. The average molecular weight is 535 g/mol. The summed E-state index contributed by atoms with van der Waals surface area (Å²) in [5.41, 5.74) is 2.25. The molecule has 0 bridgehead atoms. The minimum absolute atomic E-state index is 0.160. The number of rotatable bonds is 6. The van der Waals surface area contributed by atoms with Crippen molar-refractivity contribution in [3.05, 3.63) is 101 Å². The quantitative estimate of drug-likeness (QED) is 0.373. The summed E-state index contributed by atoms with van der Waals surface area (Å²) < 4.78 is 13.2. The summed E-state index contributed by atoms with van der Waals surface area (Å²) in [7, 11) is 0.